The Balaban J connectivity index is 2.57. The highest BCUT2D eigenvalue weighted by Crippen LogP contribution is 2.07. The number of nitrogens with zero attached hydrogens (tertiary/aromatic N) is 1. The van der Waals surface area contributed by atoms with Crippen LogP contribution in [0.4, 0.5) is 0 Å². The summed E-state index contributed by atoms with van der Waals surface area (Å²) in [6.07, 6.45) is 0.604. The minimum atomic E-state index is -3.34. The van der Waals surface area contributed by atoms with Crippen LogP contribution in [0.15, 0.2) is 24.3 Å². The second kappa shape index (κ2) is 6.50. The lowest BCUT2D eigenvalue weighted by atomic mass is 10.2. The van der Waals surface area contributed by atoms with Gasteiger partial charge < -0.3 is 5.73 Å². The summed E-state index contributed by atoms with van der Waals surface area (Å²) in [7, 11) is -3.34. The fraction of sp³-hybridized carbons (Fsp3) is 0.417. The Bertz CT molecular complexity index is 515. The average molecular weight is 267 g/mol. The third-order valence-corrected chi connectivity index (χ3v) is 3.72. The number of benzene rings is 1. The maximum Gasteiger partial charge on any atom is 0.215 e. The number of hydrogen-bond acceptors (Lipinski definition) is 4. The summed E-state index contributed by atoms with van der Waals surface area (Å²) in [6, 6.07) is 8.45. The number of nitriles is 1. The zero-order valence-electron chi connectivity index (χ0n) is 10.3. The molecule has 3 N–H and O–H groups in total. The Kier molecular flexibility index (Phi) is 5.28. The van der Waals surface area contributed by atoms with Crippen LogP contribution in [0.2, 0.25) is 0 Å². The van der Waals surface area contributed by atoms with E-state index in [0.717, 1.165) is 0 Å². The van der Waals surface area contributed by atoms with Crippen molar-refractivity contribution in [2.75, 3.05) is 6.54 Å². The Hall–Kier alpha value is -1.42. The summed E-state index contributed by atoms with van der Waals surface area (Å²) in [4.78, 5) is 0. The maximum absolute atomic E-state index is 11.7. The molecule has 18 heavy (non-hydrogen) atoms. The van der Waals surface area contributed by atoms with Crippen molar-refractivity contribution in [1.82, 2.24) is 4.72 Å². The lowest BCUT2D eigenvalue weighted by Gasteiger charge is -2.08. The van der Waals surface area contributed by atoms with Gasteiger partial charge in [0.1, 0.15) is 0 Å². The van der Waals surface area contributed by atoms with E-state index in [4.69, 9.17) is 11.0 Å². The molecule has 1 unspecified atom stereocenters. The molecule has 5 nitrogen and oxygen atoms in total. The molecule has 0 aliphatic rings. The van der Waals surface area contributed by atoms with Crippen LogP contribution in [0.5, 0.6) is 0 Å². The first-order valence-electron chi connectivity index (χ1n) is 5.65. The number of sulfonamides is 1. The first-order chi connectivity index (χ1) is 8.43. The molecule has 0 amide bonds. The van der Waals surface area contributed by atoms with Gasteiger partial charge in [-0.2, -0.15) is 5.26 Å². The molecular formula is C12H17N3O2S. The summed E-state index contributed by atoms with van der Waals surface area (Å²) in [5, 5.41) is 8.64. The predicted octanol–water partition coefficient (Wildman–Crippen LogP) is 0.715. The molecule has 0 saturated heterocycles. The minimum absolute atomic E-state index is 0.0254. The molecule has 1 aromatic carbocycles. The molecule has 0 aromatic heterocycles. The van der Waals surface area contributed by atoms with Crippen molar-refractivity contribution >= 4 is 10.0 Å². The largest absolute Gasteiger partial charge is 0.328 e. The summed E-state index contributed by atoms with van der Waals surface area (Å²) in [5.41, 5.74) is 6.71. The smallest absolute Gasteiger partial charge is 0.215 e. The molecule has 0 fully saturated rings. The molecule has 0 bridgehead atoms. The molecule has 0 saturated carbocycles. The van der Waals surface area contributed by atoms with E-state index < -0.39 is 10.0 Å². The number of hydrogen-bond donors (Lipinski definition) is 2. The van der Waals surface area contributed by atoms with E-state index in [-0.39, 0.29) is 11.8 Å². The second-order valence-corrected chi connectivity index (χ2v) is 6.03. The van der Waals surface area contributed by atoms with Crippen LogP contribution < -0.4 is 10.5 Å². The zero-order valence-corrected chi connectivity index (χ0v) is 11.1. The number of nitrogens with two attached hydrogens (primary N) is 1. The van der Waals surface area contributed by atoms with Gasteiger partial charge in [-0.15, -0.1) is 0 Å². The van der Waals surface area contributed by atoms with Gasteiger partial charge in [0.15, 0.2) is 0 Å². The standard InChI is InChI=1S/C12H17N3O2S/c1-10(14)6-7-15-18(16,17)9-12-4-2-11(8-13)3-5-12/h2-5,10,15H,6-7,9,14H2,1H3. The maximum atomic E-state index is 11.7. The quantitative estimate of drug-likeness (QED) is 0.793. The third kappa shape index (κ3) is 5.27. The van der Waals surface area contributed by atoms with E-state index in [9.17, 15) is 8.42 Å². The highest BCUT2D eigenvalue weighted by atomic mass is 32.2. The van der Waals surface area contributed by atoms with Crippen LogP contribution in [-0.4, -0.2) is 21.0 Å². The van der Waals surface area contributed by atoms with Crippen LogP contribution in [0.1, 0.15) is 24.5 Å². The Labute approximate surface area is 108 Å². The zero-order chi connectivity index (χ0) is 13.6. The second-order valence-electron chi connectivity index (χ2n) is 4.23. The van der Waals surface area contributed by atoms with Crippen LogP contribution >= 0.6 is 0 Å². The molecule has 1 atom stereocenters. The Morgan fingerprint density at radius 3 is 2.50 bits per heavy atom. The minimum Gasteiger partial charge on any atom is -0.328 e. The highest BCUT2D eigenvalue weighted by molar-refractivity contribution is 7.88. The topological polar surface area (TPSA) is 96.0 Å². The van der Waals surface area contributed by atoms with Gasteiger partial charge in [-0.05, 0) is 31.0 Å². The lowest BCUT2D eigenvalue weighted by Crippen LogP contribution is -2.29. The van der Waals surface area contributed by atoms with Gasteiger partial charge in [0.25, 0.3) is 0 Å². The van der Waals surface area contributed by atoms with Crippen LogP contribution in [0, 0.1) is 11.3 Å². The molecule has 0 radical (unpaired) electrons. The van der Waals surface area contributed by atoms with Crippen LogP contribution in [-0.2, 0) is 15.8 Å². The first-order valence-corrected chi connectivity index (χ1v) is 7.30. The van der Waals surface area contributed by atoms with Gasteiger partial charge in [0.2, 0.25) is 10.0 Å². The first kappa shape index (κ1) is 14.6. The van der Waals surface area contributed by atoms with E-state index in [0.29, 0.717) is 24.1 Å². The Morgan fingerprint density at radius 1 is 1.39 bits per heavy atom. The van der Waals surface area contributed by atoms with Gasteiger partial charge in [0.05, 0.1) is 17.4 Å². The van der Waals surface area contributed by atoms with Crippen molar-refractivity contribution < 1.29 is 8.42 Å². The van der Waals surface area contributed by atoms with Crippen molar-refractivity contribution in [3.05, 3.63) is 35.4 Å². The molecule has 1 rings (SSSR count). The third-order valence-electron chi connectivity index (χ3n) is 2.36. The predicted molar refractivity (Wildman–Crippen MR) is 70.0 cm³/mol. The molecule has 0 aliphatic carbocycles. The van der Waals surface area contributed by atoms with Crippen molar-refractivity contribution in [2.24, 2.45) is 5.73 Å². The molecule has 6 heteroatoms. The average Bonchev–Trinajstić information content (AvgIpc) is 2.28. The van der Waals surface area contributed by atoms with Crippen molar-refractivity contribution in [3.8, 4) is 6.07 Å². The van der Waals surface area contributed by atoms with Crippen LogP contribution in [0.25, 0.3) is 0 Å². The summed E-state index contributed by atoms with van der Waals surface area (Å²) in [6.45, 7) is 2.17. The van der Waals surface area contributed by atoms with Gasteiger partial charge >= 0.3 is 0 Å². The van der Waals surface area contributed by atoms with E-state index in [2.05, 4.69) is 4.72 Å². The van der Waals surface area contributed by atoms with Crippen molar-refractivity contribution in [3.63, 3.8) is 0 Å². The van der Waals surface area contributed by atoms with Gasteiger partial charge in [-0.25, -0.2) is 13.1 Å². The monoisotopic (exact) mass is 267 g/mol. The van der Waals surface area contributed by atoms with E-state index in [1.54, 1.807) is 24.3 Å². The summed E-state index contributed by atoms with van der Waals surface area (Å²) < 4.78 is 25.9. The van der Waals surface area contributed by atoms with Crippen LogP contribution in [0.3, 0.4) is 0 Å². The molecule has 98 valence electrons. The fourth-order valence-electron chi connectivity index (χ4n) is 1.39. The SMILES string of the molecule is CC(N)CCNS(=O)(=O)Cc1ccc(C#N)cc1. The van der Waals surface area contributed by atoms with Crippen molar-refractivity contribution in [2.45, 2.75) is 25.1 Å². The van der Waals surface area contributed by atoms with Gasteiger partial charge in [-0.1, -0.05) is 12.1 Å². The highest BCUT2D eigenvalue weighted by Gasteiger charge is 2.11. The fourth-order valence-corrected chi connectivity index (χ4v) is 2.55. The van der Waals surface area contributed by atoms with E-state index >= 15 is 0 Å². The van der Waals surface area contributed by atoms with Gasteiger partial charge in [-0.3, -0.25) is 0 Å². The molecular weight excluding hydrogens is 250 g/mol. The summed E-state index contributed by atoms with van der Waals surface area (Å²) in [5.74, 6) is -0.0857. The molecule has 0 spiro atoms. The van der Waals surface area contributed by atoms with E-state index in [1.807, 2.05) is 13.0 Å². The van der Waals surface area contributed by atoms with E-state index in [1.165, 1.54) is 0 Å². The molecule has 1 aromatic rings. The summed E-state index contributed by atoms with van der Waals surface area (Å²) >= 11 is 0. The normalized spacial score (nSPS) is 12.9. The number of nitrogens with one attached hydrogen (secondary N) is 1. The van der Waals surface area contributed by atoms with Gasteiger partial charge in [0, 0.05) is 12.6 Å². The Morgan fingerprint density at radius 2 is 2.00 bits per heavy atom. The lowest BCUT2D eigenvalue weighted by molar-refractivity contribution is 0.571. The molecule has 0 aliphatic heterocycles. The molecule has 0 heterocycles. The van der Waals surface area contributed by atoms with Crippen molar-refractivity contribution in [1.29, 1.82) is 5.26 Å². The number of rotatable bonds is 6.